The minimum Gasteiger partial charge on any atom is -0.346 e. The Hall–Kier alpha value is -2.89. The third-order valence-corrected chi connectivity index (χ3v) is 4.41. The van der Waals surface area contributed by atoms with E-state index in [2.05, 4.69) is 11.9 Å². The van der Waals surface area contributed by atoms with Crippen molar-refractivity contribution in [1.29, 1.82) is 0 Å². The highest BCUT2D eigenvalue weighted by Crippen LogP contribution is 2.22. The number of ketones is 1. The van der Waals surface area contributed by atoms with Crippen LogP contribution in [0.4, 0.5) is 0 Å². The number of fused-ring (bicyclic) bond motifs is 1. The zero-order valence-corrected chi connectivity index (χ0v) is 14.0. The zero-order chi connectivity index (χ0) is 17.8. The number of Topliss-reactive ketones (excluding diaryl/α,β-unsaturated/α-hetero) is 1. The van der Waals surface area contributed by atoms with Crippen LogP contribution in [0.2, 0.25) is 0 Å². The monoisotopic (exact) mass is 339 g/mol. The number of benzene rings is 1. The molecule has 6 nitrogen and oxygen atoms in total. The maximum Gasteiger partial charge on any atom is 0.292 e. The molecule has 1 N–H and O–H groups in total. The minimum atomic E-state index is -0.673. The van der Waals surface area contributed by atoms with Gasteiger partial charge in [0, 0.05) is 36.7 Å². The van der Waals surface area contributed by atoms with E-state index < -0.39 is 11.7 Å². The Kier molecular flexibility index (Phi) is 4.97. The predicted octanol–water partition coefficient (Wildman–Crippen LogP) is 1.75. The Bertz CT molecular complexity index is 832. The SMILES string of the molecule is C=CCNC(=O)C(=O)c1cn(CC(=O)N2CCCC2)c2ccccc12. The molecule has 130 valence electrons. The molecular formula is C19H21N3O3. The number of para-hydroxylation sites is 1. The fourth-order valence-electron chi connectivity index (χ4n) is 3.14. The number of hydrogen-bond acceptors (Lipinski definition) is 3. The van der Waals surface area contributed by atoms with Crippen LogP contribution in [0, 0.1) is 0 Å². The average Bonchev–Trinajstić information content (AvgIpc) is 3.28. The van der Waals surface area contributed by atoms with Crippen LogP contribution in [0.25, 0.3) is 10.9 Å². The summed E-state index contributed by atoms with van der Waals surface area (Å²) in [5.41, 5.74) is 1.08. The van der Waals surface area contributed by atoms with Gasteiger partial charge in [0.15, 0.2) is 0 Å². The van der Waals surface area contributed by atoms with Gasteiger partial charge in [0.2, 0.25) is 5.91 Å². The number of nitrogens with zero attached hydrogens (tertiary/aromatic N) is 2. The molecule has 1 aromatic carbocycles. The molecule has 25 heavy (non-hydrogen) atoms. The first kappa shape index (κ1) is 17.0. The number of aromatic nitrogens is 1. The highest BCUT2D eigenvalue weighted by molar-refractivity contribution is 6.45. The summed E-state index contributed by atoms with van der Waals surface area (Å²) < 4.78 is 1.75. The molecule has 0 atom stereocenters. The van der Waals surface area contributed by atoms with E-state index in [1.165, 1.54) is 6.08 Å². The highest BCUT2D eigenvalue weighted by Gasteiger charge is 2.23. The summed E-state index contributed by atoms with van der Waals surface area (Å²) >= 11 is 0. The zero-order valence-electron chi connectivity index (χ0n) is 14.0. The second-order valence-electron chi connectivity index (χ2n) is 6.10. The molecular weight excluding hydrogens is 318 g/mol. The molecule has 3 rings (SSSR count). The van der Waals surface area contributed by atoms with Crippen molar-refractivity contribution >= 4 is 28.5 Å². The smallest absolute Gasteiger partial charge is 0.292 e. The van der Waals surface area contributed by atoms with Gasteiger partial charge >= 0.3 is 0 Å². The third kappa shape index (κ3) is 3.47. The van der Waals surface area contributed by atoms with Crippen LogP contribution in [-0.4, -0.2) is 46.7 Å². The van der Waals surface area contributed by atoms with Crippen LogP contribution in [0.5, 0.6) is 0 Å². The molecule has 2 aromatic rings. The first-order chi connectivity index (χ1) is 12.1. The van der Waals surface area contributed by atoms with Crippen LogP contribution < -0.4 is 5.32 Å². The first-order valence-electron chi connectivity index (χ1n) is 8.41. The molecule has 0 radical (unpaired) electrons. The van der Waals surface area contributed by atoms with Gasteiger partial charge in [-0.3, -0.25) is 14.4 Å². The Morgan fingerprint density at radius 1 is 1.16 bits per heavy atom. The molecule has 0 aliphatic carbocycles. The lowest BCUT2D eigenvalue weighted by Crippen LogP contribution is -2.31. The van der Waals surface area contributed by atoms with Gasteiger partial charge in [-0.2, -0.15) is 0 Å². The lowest BCUT2D eigenvalue weighted by atomic mass is 10.1. The molecule has 0 bridgehead atoms. The molecule has 2 amide bonds. The lowest BCUT2D eigenvalue weighted by molar-refractivity contribution is -0.130. The fraction of sp³-hybridized carbons (Fsp3) is 0.316. The standard InChI is InChI=1S/C19H21N3O3/c1-2-9-20-19(25)18(24)15-12-22(16-8-4-3-7-14(15)16)13-17(23)21-10-5-6-11-21/h2-4,7-8,12H,1,5-6,9-11,13H2,(H,20,25). The van der Waals surface area contributed by atoms with Crippen molar-refractivity contribution in [3.63, 3.8) is 0 Å². The summed E-state index contributed by atoms with van der Waals surface area (Å²) in [4.78, 5) is 38.7. The Balaban J connectivity index is 1.89. The number of nitrogens with one attached hydrogen (secondary N) is 1. The van der Waals surface area contributed by atoms with Crippen LogP contribution in [0.1, 0.15) is 23.2 Å². The predicted molar refractivity (Wildman–Crippen MR) is 95.3 cm³/mol. The van der Waals surface area contributed by atoms with Gasteiger partial charge in [-0.05, 0) is 18.9 Å². The summed E-state index contributed by atoms with van der Waals surface area (Å²) in [6.45, 7) is 5.49. The highest BCUT2D eigenvalue weighted by atomic mass is 16.2. The summed E-state index contributed by atoms with van der Waals surface area (Å²) in [5, 5.41) is 3.18. The number of rotatable bonds is 6. The summed E-state index contributed by atoms with van der Waals surface area (Å²) in [6.07, 6.45) is 5.19. The summed E-state index contributed by atoms with van der Waals surface area (Å²) in [5.74, 6) is -1.24. The largest absolute Gasteiger partial charge is 0.346 e. The summed E-state index contributed by atoms with van der Waals surface area (Å²) in [7, 11) is 0. The van der Waals surface area contributed by atoms with Gasteiger partial charge < -0.3 is 14.8 Å². The second kappa shape index (κ2) is 7.34. The van der Waals surface area contributed by atoms with E-state index in [0.29, 0.717) is 10.9 Å². The van der Waals surface area contributed by atoms with Gasteiger partial charge in [0.05, 0.1) is 5.56 Å². The van der Waals surface area contributed by atoms with Crippen molar-refractivity contribution in [3.8, 4) is 0 Å². The van der Waals surface area contributed by atoms with E-state index in [1.807, 2.05) is 23.1 Å². The normalized spacial score (nSPS) is 13.8. The van der Waals surface area contributed by atoms with Crippen LogP contribution in [0.15, 0.2) is 43.1 Å². The van der Waals surface area contributed by atoms with E-state index in [0.717, 1.165) is 31.4 Å². The first-order valence-corrected chi connectivity index (χ1v) is 8.41. The van der Waals surface area contributed by atoms with E-state index in [-0.39, 0.29) is 19.0 Å². The second-order valence-corrected chi connectivity index (χ2v) is 6.10. The van der Waals surface area contributed by atoms with Gasteiger partial charge in [0.1, 0.15) is 6.54 Å². The van der Waals surface area contributed by atoms with E-state index in [1.54, 1.807) is 16.8 Å². The number of amides is 2. The van der Waals surface area contributed by atoms with Gasteiger partial charge in [-0.1, -0.05) is 24.3 Å². The van der Waals surface area contributed by atoms with Crippen LogP contribution in [0.3, 0.4) is 0 Å². The van der Waals surface area contributed by atoms with Crippen LogP contribution >= 0.6 is 0 Å². The quantitative estimate of drug-likeness (QED) is 0.495. The Morgan fingerprint density at radius 2 is 1.88 bits per heavy atom. The van der Waals surface area contributed by atoms with Crippen molar-refractivity contribution in [1.82, 2.24) is 14.8 Å². The molecule has 1 saturated heterocycles. The van der Waals surface area contributed by atoms with E-state index in [4.69, 9.17) is 0 Å². The van der Waals surface area contributed by atoms with Crippen molar-refractivity contribution in [2.45, 2.75) is 19.4 Å². The van der Waals surface area contributed by atoms with E-state index >= 15 is 0 Å². The Labute approximate surface area is 146 Å². The Morgan fingerprint density at radius 3 is 2.60 bits per heavy atom. The molecule has 0 unspecified atom stereocenters. The number of hydrogen-bond donors (Lipinski definition) is 1. The van der Waals surface area contributed by atoms with E-state index in [9.17, 15) is 14.4 Å². The number of likely N-dealkylation sites (tertiary alicyclic amines) is 1. The summed E-state index contributed by atoms with van der Waals surface area (Å²) in [6, 6.07) is 7.31. The fourth-order valence-corrected chi connectivity index (χ4v) is 3.14. The lowest BCUT2D eigenvalue weighted by Gasteiger charge is -2.15. The molecule has 2 heterocycles. The van der Waals surface area contributed by atoms with Crippen molar-refractivity contribution < 1.29 is 14.4 Å². The molecule has 1 aromatic heterocycles. The topological polar surface area (TPSA) is 71.4 Å². The number of carbonyl (C=O) groups is 3. The molecule has 1 aliphatic heterocycles. The molecule has 0 saturated carbocycles. The third-order valence-electron chi connectivity index (χ3n) is 4.41. The maximum absolute atomic E-state index is 12.5. The maximum atomic E-state index is 12.5. The van der Waals surface area contributed by atoms with Gasteiger partial charge in [-0.25, -0.2) is 0 Å². The van der Waals surface area contributed by atoms with Crippen molar-refractivity contribution in [3.05, 3.63) is 48.7 Å². The van der Waals surface area contributed by atoms with Crippen molar-refractivity contribution in [2.75, 3.05) is 19.6 Å². The number of carbonyl (C=O) groups excluding carboxylic acids is 3. The molecule has 0 spiro atoms. The van der Waals surface area contributed by atoms with Crippen molar-refractivity contribution in [2.24, 2.45) is 0 Å². The van der Waals surface area contributed by atoms with Gasteiger partial charge in [0.25, 0.3) is 11.7 Å². The molecule has 6 heteroatoms. The minimum absolute atomic E-state index is 0.0355. The average molecular weight is 339 g/mol. The van der Waals surface area contributed by atoms with Crippen LogP contribution in [-0.2, 0) is 16.1 Å². The molecule has 1 aliphatic rings. The van der Waals surface area contributed by atoms with Gasteiger partial charge in [-0.15, -0.1) is 6.58 Å². The molecule has 1 fully saturated rings.